The molecule has 0 amide bonds. The molecule has 0 aliphatic carbocycles. The van der Waals surface area contributed by atoms with Gasteiger partial charge in [0.05, 0.1) is 0 Å². The van der Waals surface area contributed by atoms with Crippen LogP contribution in [0.5, 0.6) is 5.75 Å². The molecule has 1 aliphatic heterocycles. The van der Waals surface area contributed by atoms with E-state index < -0.39 is 17.6 Å². The topological polar surface area (TPSA) is 66.8 Å². The van der Waals surface area contributed by atoms with Gasteiger partial charge >= 0.3 is 5.97 Å². The number of carbonyl (C=O) groups is 2. The number of hydrogen-bond donors (Lipinski definition) is 1. The molecule has 0 spiro atoms. The number of aromatic hydroxyl groups is 1. The molecule has 2 unspecified atom stereocenters. The van der Waals surface area contributed by atoms with Gasteiger partial charge < -0.3 is 14.7 Å². The van der Waals surface area contributed by atoms with Gasteiger partial charge in [-0.15, -0.1) is 0 Å². The molecule has 5 heteroatoms. The number of carbonyl (C=O) groups excluding carboxylic acids is 2. The third-order valence-corrected chi connectivity index (χ3v) is 6.02. The molecule has 2 aromatic carbocycles. The van der Waals surface area contributed by atoms with Crippen molar-refractivity contribution in [2.45, 2.75) is 64.6 Å². The summed E-state index contributed by atoms with van der Waals surface area (Å²) in [6, 6.07) is 15.6. The number of aryl methyl sites for hydroxylation is 1. The lowest BCUT2D eigenvalue weighted by atomic mass is 9.77. The van der Waals surface area contributed by atoms with Crippen LogP contribution in [-0.2, 0) is 20.7 Å². The number of rotatable bonds is 7. The minimum Gasteiger partial charge on any atom is -0.508 e. The third-order valence-electron chi connectivity index (χ3n) is 6.02. The first-order valence-corrected chi connectivity index (χ1v) is 10.6. The normalized spacial score (nSPS) is 21.7. The van der Waals surface area contributed by atoms with Crippen LogP contribution in [0, 0.1) is 5.92 Å². The van der Waals surface area contributed by atoms with Crippen LogP contribution < -0.4 is 4.90 Å². The minimum atomic E-state index is -0.923. The van der Waals surface area contributed by atoms with Gasteiger partial charge in [0.25, 0.3) is 0 Å². The molecule has 0 aromatic heterocycles. The molecule has 30 heavy (non-hydrogen) atoms. The van der Waals surface area contributed by atoms with Crippen molar-refractivity contribution in [1.29, 1.82) is 0 Å². The molecule has 0 saturated carbocycles. The van der Waals surface area contributed by atoms with Gasteiger partial charge in [-0.3, -0.25) is 4.79 Å². The maximum Gasteiger partial charge on any atom is 0.337 e. The zero-order valence-corrected chi connectivity index (χ0v) is 18.2. The first-order chi connectivity index (χ1) is 14.2. The minimum absolute atomic E-state index is 0.00712. The summed E-state index contributed by atoms with van der Waals surface area (Å²) < 4.78 is 6.07. The Balaban J connectivity index is 1.83. The molecular formula is C25H31NO4. The number of phenols is 1. The van der Waals surface area contributed by atoms with Gasteiger partial charge in [0.2, 0.25) is 0 Å². The van der Waals surface area contributed by atoms with Gasteiger partial charge in [0.1, 0.15) is 11.4 Å². The predicted octanol–water partition coefficient (Wildman–Crippen LogP) is 4.52. The number of benzene rings is 2. The number of anilines is 1. The van der Waals surface area contributed by atoms with Crippen LogP contribution in [0.4, 0.5) is 5.69 Å². The molecule has 1 heterocycles. The summed E-state index contributed by atoms with van der Waals surface area (Å²) in [5, 5.41) is 9.48. The molecule has 0 bridgehead atoms. The monoisotopic (exact) mass is 409 g/mol. The summed E-state index contributed by atoms with van der Waals surface area (Å²) in [6.45, 7) is 7.94. The lowest BCUT2D eigenvalue weighted by Gasteiger charge is -2.45. The number of ketones is 1. The number of esters is 1. The summed E-state index contributed by atoms with van der Waals surface area (Å²) >= 11 is 0. The molecular weight excluding hydrogens is 378 g/mol. The van der Waals surface area contributed by atoms with Crippen molar-refractivity contribution in [3.05, 3.63) is 60.2 Å². The highest BCUT2D eigenvalue weighted by Crippen LogP contribution is 2.38. The van der Waals surface area contributed by atoms with Gasteiger partial charge in [0, 0.05) is 18.2 Å². The van der Waals surface area contributed by atoms with Crippen LogP contribution in [0.25, 0.3) is 0 Å². The van der Waals surface area contributed by atoms with E-state index in [1.165, 1.54) is 0 Å². The Morgan fingerprint density at radius 1 is 1.03 bits per heavy atom. The van der Waals surface area contributed by atoms with Crippen molar-refractivity contribution in [2.24, 2.45) is 5.92 Å². The van der Waals surface area contributed by atoms with E-state index in [0.29, 0.717) is 12.8 Å². The second-order valence-corrected chi connectivity index (χ2v) is 8.69. The Kier molecular flexibility index (Phi) is 6.49. The van der Waals surface area contributed by atoms with E-state index in [4.69, 9.17) is 4.74 Å². The number of nitrogens with zero attached hydrogens (tertiary/aromatic N) is 1. The van der Waals surface area contributed by atoms with E-state index in [2.05, 4.69) is 0 Å². The first kappa shape index (κ1) is 21.9. The molecule has 160 valence electrons. The first-order valence-electron chi connectivity index (χ1n) is 10.6. The van der Waals surface area contributed by atoms with E-state index >= 15 is 0 Å². The quantitative estimate of drug-likeness (QED) is 0.538. The highest BCUT2D eigenvalue weighted by molar-refractivity contribution is 6.08. The second kappa shape index (κ2) is 8.90. The van der Waals surface area contributed by atoms with Crippen molar-refractivity contribution < 1.29 is 19.4 Å². The maximum absolute atomic E-state index is 13.3. The Labute approximate surface area is 178 Å². The summed E-state index contributed by atoms with van der Waals surface area (Å²) in [6.07, 6.45) is 1.43. The highest BCUT2D eigenvalue weighted by Gasteiger charge is 2.50. The number of para-hydroxylation sites is 1. The second-order valence-electron chi connectivity index (χ2n) is 8.69. The van der Waals surface area contributed by atoms with Crippen LogP contribution in [0.2, 0.25) is 0 Å². The Morgan fingerprint density at radius 2 is 1.67 bits per heavy atom. The van der Waals surface area contributed by atoms with Gasteiger partial charge in [-0.05, 0) is 62.4 Å². The van der Waals surface area contributed by atoms with Crippen LogP contribution in [0.3, 0.4) is 0 Å². The highest BCUT2D eigenvalue weighted by atomic mass is 16.6. The van der Waals surface area contributed by atoms with E-state index in [1.807, 2.05) is 75.1 Å². The Bertz CT molecular complexity index is 856. The van der Waals surface area contributed by atoms with Gasteiger partial charge in [-0.1, -0.05) is 44.2 Å². The number of cyclic esters (lactones) is 1. The van der Waals surface area contributed by atoms with Gasteiger partial charge in [-0.2, -0.15) is 0 Å². The number of ether oxygens (including phenoxy) is 1. The average molecular weight is 410 g/mol. The zero-order valence-electron chi connectivity index (χ0n) is 18.2. The fraction of sp³-hybridized carbons (Fsp3) is 0.440. The fourth-order valence-corrected chi connectivity index (χ4v) is 4.20. The number of phenolic OH excluding ortho intramolecular Hbond substituents is 1. The molecule has 3 rings (SSSR count). The average Bonchev–Trinajstić information content (AvgIpc) is 2.70. The number of hydrogen-bond acceptors (Lipinski definition) is 5. The van der Waals surface area contributed by atoms with E-state index in [0.717, 1.165) is 11.3 Å². The van der Waals surface area contributed by atoms with Crippen molar-refractivity contribution in [2.75, 3.05) is 4.90 Å². The molecule has 2 aromatic rings. The molecule has 1 N–H and O–H groups in total. The van der Waals surface area contributed by atoms with Crippen LogP contribution >= 0.6 is 0 Å². The van der Waals surface area contributed by atoms with Gasteiger partial charge in [-0.25, -0.2) is 4.79 Å². The lowest BCUT2D eigenvalue weighted by Crippen LogP contribution is -2.60. The van der Waals surface area contributed by atoms with Crippen molar-refractivity contribution >= 4 is 17.4 Å². The smallest absolute Gasteiger partial charge is 0.337 e. The van der Waals surface area contributed by atoms with Gasteiger partial charge in [0.15, 0.2) is 11.8 Å². The largest absolute Gasteiger partial charge is 0.508 e. The summed E-state index contributed by atoms with van der Waals surface area (Å²) in [7, 11) is 0. The molecule has 1 fully saturated rings. The van der Waals surface area contributed by atoms with Crippen molar-refractivity contribution in [3.63, 3.8) is 0 Å². The molecule has 5 nitrogen and oxygen atoms in total. The van der Waals surface area contributed by atoms with Crippen molar-refractivity contribution in [3.8, 4) is 5.75 Å². The predicted molar refractivity (Wildman–Crippen MR) is 118 cm³/mol. The van der Waals surface area contributed by atoms with E-state index in [1.54, 1.807) is 12.1 Å². The van der Waals surface area contributed by atoms with Crippen LogP contribution in [-0.4, -0.2) is 34.5 Å². The Hall–Kier alpha value is -2.82. The summed E-state index contributed by atoms with van der Waals surface area (Å²) in [5.74, 6) is -0.340. The standard InChI is InChI=1S/C25H31NO4/c1-17(2)25(15-14-19-10-12-21(27)13-11-19)16-22(28)23(24(29)30-25)26(18(3)4)20-8-6-5-7-9-20/h5-13,17-18,23,27H,14-16H2,1-4H3. The molecule has 1 saturated heterocycles. The van der Waals surface area contributed by atoms with Crippen LogP contribution in [0.15, 0.2) is 54.6 Å². The maximum atomic E-state index is 13.3. The lowest BCUT2D eigenvalue weighted by molar-refractivity contribution is -0.179. The van der Waals surface area contributed by atoms with E-state index in [9.17, 15) is 14.7 Å². The molecule has 2 atom stereocenters. The summed E-state index contributed by atoms with van der Waals surface area (Å²) in [5.41, 5.74) is 1.05. The van der Waals surface area contributed by atoms with Crippen LogP contribution in [0.1, 0.15) is 46.1 Å². The number of Topliss-reactive ketones (excluding diaryl/α,β-unsaturated/α-hetero) is 1. The van der Waals surface area contributed by atoms with E-state index in [-0.39, 0.29) is 29.9 Å². The fourth-order valence-electron chi connectivity index (χ4n) is 4.20. The zero-order chi connectivity index (χ0) is 21.9. The SMILES string of the molecule is CC(C)N(c1ccccc1)C1C(=O)CC(CCc2ccc(O)cc2)(C(C)C)OC1=O. The molecule has 0 radical (unpaired) electrons. The Morgan fingerprint density at radius 3 is 2.20 bits per heavy atom. The summed E-state index contributed by atoms with van der Waals surface area (Å²) in [4.78, 5) is 28.4. The third kappa shape index (κ3) is 4.50. The molecule has 1 aliphatic rings. The van der Waals surface area contributed by atoms with Crippen molar-refractivity contribution in [1.82, 2.24) is 0 Å².